The van der Waals surface area contributed by atoms with E-state index >= 15 is 0 Å². The number of thioether (sulfide) groups is 1. The van der Waals surface area contributed by atoms with Crippen molar-refractivity contribution in [2.45, 2.75) is 38.3 Å². The van der Waals surface area contributed by atoms with Gasteiger partial charge in [0.05, 0.1) is 28.0 Å². The average molecular weight is 453 g/mol. The summed E-state index contributed by atoms with van der Waals surface area (Å²) in [5.41, 5.74) is 2.38. The molecular weight excluding hydrogens is 428 g/mol. The van der Waals surface area contributed by atoms with Crippen LogP contribution in [-0.4, -0.2) is 32.6 Å². The van der Waals surface area contributed by atoms with Crippen LogP contribution in [-0.2, 0) is 17.1 Å². The van der Waals surface area contributed by atoms with E-state index in [2.05, 4.69) is 22.6 Å². The van der Waals surface area contributed by atoms with E-state index in [1.165, 1.54) is 23.1 Å². The number of rotatable bonds is 8. The fourth-order valence-electron chi connectivity index (χ4n) is 3.19. The third-order valence-electron chi connectivity index (χ3n) is 5.02. The van der Waals surface area contributed by atoms with Gasteiger partial charge in [0.1, 0.15) is 10.7 Å². The van der Waals surface area contributed by atoms with E-state index in [1.54, 1.807) is 23.1 Å². The Morgan fingerprint density at radius 2 is 2.10 bits per heavy atom. The number of benzene rings is 1. The van der Waals surface area contributed by atoms with Gasteiger partial charge >= 0.3 is 0 Å². The van der Waals surface area contributed by atoms with Crippen molar-refractivity contribution in [2.75, 3.05) is 6.54 Å². The Bertz CT molecular complexity index is 1210. The monoisotopic (exact) mass is 452 g/mol. The van der Waals surface area contributed by atoms with Gasteiger partial charge in [-0.3, -0.25) is 9.59 Å². The molecule has 1 aromatic carbocycles. The van der Waals surface area contributed by atoms with Crippen molar-refractivity contribution in [1.82, 2.24) is 14.9 Å². The number of aromatic nitrogens is 2. The van der Waals surface area contributed by atoms with Crippen molar-refractivity contribution in [3.8, 4) is 6.07 Å². The van der Waals surface area contributed by atoms with Gasteiger partial charge in [0.25, 0.3) is 5.56 Å². The number of fused-ring (bicyclic) bond motifs is 1. The van der Waals surface area contributed by atoms with Gasteiger partial charge in [-0.2, -0.15) is 5.26 Å². The number of nitriles is 1. The highest BCUT2D eigenvalue weighted by atomic mass is 32.2. The minimum Gasteiger partial charge on any atom is -0.334 e. The molecule has 0 bridgehead atoms. The molecule has 0 saturated carbocycles. The summed E-state index contributed by atoms with van der Waals surface area (Å²) in [6, 6.07) is 9.30. The number of aromatic amines is 1. The molecule has 160 valence electrons. The summed E-state index contributed by atoms with van der Waals surface area (Å²) in [5.74, 6) is 0.999. The van der Waals surface area contributed by atoms with Crippen molar-refractivity contribution < 1.29 is 4.79 Å². The van der Waals surface area contributed by atoms with Gasteiger partial charge in [-0.05, 0) is 44.0 Å². The molecule has 2 aromatic heterocycles. The molecule has 0 aliphatic heterocycles. The number of hydrogen-bond acceptors (Lipinski definition) is 6. The second kappa shape index (κ2) is 9.94. The van der Waals surface area contributed by atoms with Crippen LogP contribution in [0, 0.1) is 25.2 Å². The van der Waals surface area contributed by atoms with Crippen LogP contribution in [0.4, 0.5) is 0 Å². The lowest BCUT2D eigenvalue weighted by molar-refractivity contribution is -0.130. The molecule has 8 heteroatoms. The van der Waals surface area contributed by atoms with Gasteiger partial charge in [-0.15, -0.1) is 29.7 Å². The number of carbonyl (C=O) groups is 1. The smallest absolute Gasteiger partial charge is 0.259 e. The summed E-state index contributed by atoms with van der Waals surface area (Å²) >= 11 is 2.96. The summed E-state index contributed by atoms with van der Waals surface area (Å²) in [7, 11) is 0. The second-order valence-corrected chi connectivity index (χ2v) is 9.78. The van der Waals surface area contributed by atoms with E-state index in [-0.39, 0.29) is 16.7 Å². The zero-order valence-electron chi connectivity index (χ0n) is 17.8. The molecule has 0 aliphatic carbocycles. The molecule has 1 amide bonds. The van der Waals surface area contributed by atoms with Gasteiger partial charge in [0, 0.05) is 18.0 Å². The number of carbonyl (C=O) groups excluding carboxylic acids is 1. The van der Waals surface area contributed by atoms with Crippen LogP contribution in [0.5, 0.6) is 0 Å². The van der Waals surface area contributed by atoms with Crippen molar-refractivity contribution in [1.29, 1.82) is 5.26 Å². The number of thiophene rings is 1. The molecule has 2 heterocycles. The van der Waals surface area contributed by atoms with Gasteiger partial charge in [-0.1, -0.05) is 18.2 Å². The normalized spacial score (nSPS) is 11.8. The zero-order chi connectivity index (χ0) is 22.5. The first kappa shape index (κ1) is 22.8. The predicted molar refractivity (Wildman–Crippen MR) is 127 cm³/mol. The van der Waals surface area contributed by atoms with Crippen molar-refractivity contribution in [3.63, 3.8) is 0 Å². The maximum absolute atomic E-state index is 13.0. The molecule has 0 spiro atoms. The summed E-state index contributed by atoms with van der Waals surface area (Å²) in [6.07, 6.45) is 1.70. The van der Waals surface area contributed by atoms with E-state index < -0.39 is 0 Å². The Hall–Kier alpha value is -2.89. The first-order valence-corrected chi connectivity index (χ1v) is 11.7. The van der Waals surface area contributed by atoms with Crippen LogP contribution in [0.3, 0.4) is 0 Å². The number of hydrogen-bond donors (Lipinski definition) is 1. The molecule has 1 N–H and O–H groups in total. The van der Waals surface area contributed by atoms with Gasteiger partial charge in [0.15, 0.2) is 0 Å². The predicted octanol–water partition coefficient (Wildman–Crippen LogP) is 4.31. The third-order valence-corrected chi connectivity index (χ3v) is 7.27. The summed E-state index contributed by atoms with van der Waals surface area (Å²) in [4.78, 5) is 36.5. The van der Waals surface area contributed by atoms with E-state index in [0.717, 1.165) is 20.8 Å². The van der Waals surface area contributed by atoms with Crippen molar-refractivity contribution >= 4 is 39.2 Å². The largest absolute Gasteiger partial charge is 0.334 e. The summed E-state index contributed by atoms with van der Waals surface area (Å²) < 4.78 is 0. The molecule has 0 fully saturated rings. The zero-order valence-corrected chi connectivity index (χ0v) is 19.4. The minimum absolute atomic E-state index is 0.0134. The maximum atomic E-state index is 13.0. The molecule has 31 heavy (non-hydrogen) atoms. The van der Waals surface area contributed by atoms with E-state index in [0.29, 0.717) is 35.6 Å². The number of aryl methyl sites for hydroxylation is 2. The lowest BCUT2D eigenvalue weighted by Crippen LogP contribution is -2.36. The van der Waals surface area contributed by atoms with Crippen LogP contribution in [0.25, 0.3) is 10.2 Å². The fourth-order valence-corrected chi connectivity index (χ4v) is 5.08. The molecule has 3 aromatic rings. The Balaban J connectivity index is 1.69. The molecule has 1 unspecified atom stereocenters. The SMILES string of the molecule is C=CCN(Cc1ccc(C#N)cc1)C(=O)C(C)SCc1nc2sc(C)c(C)c2c(=O)[nH]1. The molecule has 0 aliphatic rings. The number of nitrogens with one attached hydrogen (secondary N) is 1. The first-order valence-electron chi connectivity index (χ1n) is 9.83. The van der Waals surface area contributed by atoms with Crippen LogP contribution < -0.4 is 5.56 Å². The quantitative estimate of drug-likeness (QED) is 0.515. The molecule has 3 rings (SSSR count). The number of H-pyrrole nitrogens is 1. The fraction of sp³-hybridized carbons (Fsp3) is 0.304. The van der Waals surface area contributed by atoms with Crippen LogP contribution in [0.1, 0.15) is 34.3 Å². The van der Waals surface area contributed by atoms with E-state index in [9.17, 15) is 9.59 Å². The van der Waals surface area contributed by atoms with E-state index in [1.807, 2.05) is 32.9 Å². The Morgan fingerprint density at radius 3 is 2.74 bits per heavy atom. The van der Waals surface area contributed by atoms with Crippen LogP contribution >= 0.6 is 23.1 Å². The molecule has 6 nitrogen and oxygen atoms in total. The van der Waals surface area contributed by atoms with Gasteiger partial charge < -0.3 is 9.88 Å². The lowest BCUT2D eigenvalue weighted by atomic mass is 10.1. The second-order valence-electron chi connectivity index (χ2n) is 7.25. The van der Waals surface area contributed by atoms with Gasteiger partial charge in [-0.25, -0.2) is 4.98 Å². The van der Waals surface area contributed by atoms with E-state index in [4.69, 9.17) is 5.26 Å². The third kappa shape index (κ3) is 5.24. The molecule has 1 atom stereocenters. The standard InChI is InChI=1S/C23H24N4O2S2/c1-5-10-27(12-18-8-6-17(11-24)7-9-18)23(29)16(4)30-13-19-25-21(28)20-14(2)15(3)31-22(20)26-19/h5-9,16H,1,10,12-13H2,2-4H3,(H,25,26,28). The summed E-state index contributed by atoms with van der Waals surface area (Å²) in [6.45, 7) is 10.4. The maximum Gasteiger partial charge on any atom is 0.259 e. The minimum atomic E-state index is -0.314. The molecule has 0 radical (unpaired) electrons. The van der Waals surface area contributed by atoms with Crippen LogP contribution in [0.15, 0.2) is 41.7 Å². The van der Waals surface area contributed by atoms with Crippen LogP contribution in [0.2, 0.25) is 0 Å². The van der Waals surface area contributed by atoms with Crippen molar-refractivity contribution in [3.05, 3.63) is 74.7 Å². The topological polar surface area (TPSA) is 89.8 Å². The Labute approximate surface area is 189 Å². The van der Waals surface area contributed by atoms with Crippen molar-refractivity contribution in [2.24, 2.45) is 0 Å². The summed E-state index contributed by atoms with van der Waals surface area (Å²) in [5, 5.41) is 9.28. The number of amides is 1. The highest BCUT2D eigenvalue weighted by molar-refractivity contribution is 7.99. The Kier molecular flexibility index (Phi) is 7.31. The first-order chi connectivity index (χ1) is 14.8. The van der Waals surface area contributed by atoms with Gasteiger partial charge in [0.2, 0.25) is 5.91 Å². The highest BCUT2D eigenvalue weighted by Gasteiger charge is 2.21. The Morgan fingerprint density at radius 1 is 1.39 bits per heavy atom. The molecular formula is C23H24N4O2S2. The number of nitrogens with zero attached hydrogens (tertiary/aromatic N) is 3. The highest BCUT2D eigenvalue weighted by Crippen LogP contribution is 2.27. The molecule has 0 saturated heterocycles. The average Bonchev–Trinajstić information content (AvgIpc) is 3.05. The lowest BCUT2D eigenvalue weighted by Gasteiger charge is -2.24.